The maximum Gasteiger partial charge on any atom is 0.0768 e. The number of aliphatic hydroxyl groups is 1. The highest BCUT2D eigenvalue weighted by Crippen LogP contribution is 2.22. The van der Waals surface area contributed by atoms with Crippen molar-refractivity contribution in [2.24, 2.45) is 0 Å². The van der Waals surface area contributed by atoms with Crippen LogP contribution in [0.25, 0.3) is 10.9 Å². The molecule has 0 saturated carbocycles. The number of hydrogen-bond acceptors (Lipinski definition) is 2. The van der Waals surface area contributed by atoms with Crippen LogP contribution < -0.4 is 0 Å². The Labute approximate surface area is 83.2 Å². The number of aryl methyl sites for hydroxylation is 1. The quantitative estimate of drug-likeness (QED) is 0.744. The molecule has 2 aromatic rings. The first kappa shape index (κ1) is 9.16. The molecule has 1 heterocycles. The Bertz CT molecular complexity index is 463. The molecule has 0 saturated heterocycles. The summed E-state index contributed by atoms with van der Waals surface area (Å²) >= 11 is 0. The molecule has 0 radical (unpaired) electrons. The van der Waals surface area contributed by atoms with Crippen molar-refractivity contribution in [3.8, 4) is 0 Å². The van der Waals surface area contributed by atoms with Gasteiger partial charge in [0.1, 0.15) is 0 Å². The molecule has 1 aromatic heterocycles. The van der Waals surface area contributed by atoms with Crippen LogP contribution in [0.5, 0.6) is 0 Å². The van der Waals surface area contributed by atoms with Gasteiger partial charge in [-0.15, -0.1) is 0 Å². The van der Waals surface area contributed by atoms with E-state index in [2.05, 4.69) is 4.98 Å². The average Bonchev–Trinajstić information content (AvgIpc) is 2.16. The Morgan fingerprint density at radius 2 is 2.00 bits per heavy atom. The number of aromatic nitrogens is 1. The monoisotopic (exact) mass is 187 g/mol. The van der Waals surface area contributed by atoms with Crippen molar-refractivity contribution in [3.05, 3.63) is 41.6 Å². The number of nitrogens with zero attached hydrogens (tertiary/aromatic N) is 1. The lowest BCUT2D eigenvalue weighted by Gasteiger charge is -2.08. The van der Waals surface area contributed by atoms with E-state index >= 15 is 0 Å². The molecule has 0 aliphatic rings. The second kappa shape index (κ2) is 3.39. The predicted octanol–water partition coefficient (Wildman–Crippen LogP) is 2.60. The summed E-state index contributed by atoms with van der Waals surface area (Å²) in [7, 11) is 0. The summed E-state index contributed by atoms with van der Waals surface area (Å²) in [5, 5.41) is 10.6. The molecule has 0 aliphatic heterocycles. The van der Waals surface area contributed by atoms with E-state index in [4.69, 9.17) is 0 Å². The first-order valence-corrected chi connectivity index (χ1v) is 4.73. The standard InChI is InChI=1S/C12H13NO/c1-8-6-7-11-10(9(2)14)4-3-5-12(11)13-8/h3-7,9,14H,1-2H3/t9-/m0/s1. The Kier molecular flexibility index (Phi) is 2.22. The van der Waals surface area contributed by atoms with E-state index in [1.807, 2.05) is 37.3 Å². The molecule has 72 valence electrons. The van der Waals surface area contributed by atoms with E-state index in [0.29, 0.717) is 0 Å². The van der Waals surface area contributed by atoms with Gasteiger partial charge < -0.3 is 5.11 Å². The van der Waals surface area contributed by atoms with Crippen LogP contribution in [0.2, 0.25) is 0 Å². The van der Waals surface area contributed by atoms with Crippen LogP contribution >= 0.6 is 0 Å². The van der Waals surface area contributed by atoms with Gasteiger partial charge in [0.15, 0.2) is 0 Å². The normalized spacial score (nSPS) is 13.1. The number of aliphatic hydroxyl groups excluding tert-OH is 1. The molecule has 2 rings (SSSR count). The molecule has 0 bridgehead atoms. The van der Waals surface area contributed by atoms with E-state index in [1.165, 1.54) is 0 Å². The van der Waals surface area contributed by atoms with Crippen molar-refractivity contribution >= 4 is 10.9 Å². The van der Waals surface area contributed by atoms with Gasteiger partial charge in [-0.25, -0.2) is 0 Å². The van der Waals surface area contributed by atoms with Gasteiger partial charge in [-0.2, -0.15) is 0 Å². The molecule has 1 atom stereocenters. The molecular formula is C12H13NO. The van der Waals surface area contributed by atoms with E-state index in [-0.39, 0.29) is 0 Å². The molecule has 0 spiro atoms. The van der Waals surface area contributed by atoms with Crippen LogP contribution in [-0.2, 0) is 0 Å². The molecule has 0 amide bonds. The smallest absolute Gasteiger partial charge is 0.0768 e. The molecule has 0 fully saturated rings. The van der Waals surface area contributed by atoms with Crippen molar-refractivity contribution < 1.29 is 5.11 Å². The summed E-state index contributed by atoms with van der Waals surface area (Å²) in [6.07, 6.45) is -0.441. The third-order valence-electron chi connectivity index (χ3n) is 2.35. The molecule has 0 aliphatic carbocycles. The first-order valence-electron chi connectivity index (χ1n) is 4.73. The largest absolute Gasteiger partial charge is 0.389 e. The summed E-state index contributed by atoms with van der Waals surface area (Å²) in [6.45, 7) is 3.74. The van der Waals surface area contributed by atoms with E-state index in [0.717, 1.165) is 22.2 Å². The maximum absolute atomic E-state index is 9.56. The summed E-state index contributed by atoms with van der Waals surface area (Å²) in [4.78, 5) is 4.41. The minimum atomic E-state index is -0.441. The zero-order valence-electron chi connectivity index (χ0n) is 8.36. The van der Waals surface area contributed by atoms with Crippen LogP contribution in [0.3, 0.4) is 0 Å². The Balaban J connectivity index is 2.75. The molecule has 0 unspecified atom stereocenters. The number of fused-ring (bicyclic) bond motifs is 1. The lowest BCUT2D eigenvalue weighted by Crippen LogP contribution is -1.93. The van der Waals surface area contributed by atoms with Crippen molar-refractivity contribution in [1.29, 1.82) is 0 Å². The highest BCUT2D eigenvalue weighted by atomic mass is 16.3. The lowest BCUT2D eigenvalue weighted by atomic mass is 10.0. The summed E-state index contributed by atoms with van der Waals surface area (Å²) in [5.74, 6) is 0. The summed E-state index contributed by atoms with van der Waals surface area (Å²) < 4.78 is 0. The molecular weight excluding hydrogens is 174 g/mol. The highest BCUT2D eigenvalue weighted by Gasteiger charge is 2.05. The zero-order chi connectivity index (χ0) is 10.1. The van der Waals surface area contributed by atoms with Crippen LogP contribution in [0, 0.1) is 6.92 Å². The van der Waals surface area contributed by atoms with Gasteiger partial charge in [-0.1, -0.05) is 18.2 Å². The van der Waals surface area contributed by atoms with Crippen LogP contribution in [-0.4, -0.2) is 10.1 Å². The van der Waals surface area contributed by atoms with Crippen molar-refractivity contribution in [2.45, 2.75) is 20.0 Å². The van der Waals surface area contributed by atoms with Crippen molar-refractivity contribution in [1.82, 2.24) is 4.98 Å². The average molecular weight is 187 g/mol. The number of rotatable bonds is 1. The van der Waals surface area contributed by atoms with Gasteiger partial charge in [-0.3, -0.25) is 4.98 Å². The van der Waals surface area contributed by atoms with E-state index < -0.39 is 6.10 Å². The second-order valence-corrected chi connectivity index (χ2v) is 3.54. The third kappa shape index (κ3) is 1.49. The second-order valence-electron chi connectivity index (χ2n) is 3.54. The fourth-order valence-electron chi connectivity index (χ4n) is 1.64. The number of hydrogen-bond donors (Lipinski definition) is 1. The lowest BCUT2D eigenvalue weighted by molar-refractivity contribution is 0.201. The molecule has 2 nitrogen and oxygen atoms in total. The van der Waals surface area contributed by atoms with E-state index in [9.17, 15) is 5.11 Å². The summed E-state index contributed by atoms with van der Waals surface area (Å²) in [6, 6.07) is 9.81. The Morgan fingerprint density at radius 3 is 2.71 bits per heavy atom. The fourth-order valence-corrected chi connectivity index (χ4v) is 1.64. The Morgan fingerprint density at radius 1 is 1.21 bits per heavy atom. The number of benzene rings is 1. The Hall–Kier alpha value is -1.41. The van der Waals surface area contributed by atoms with Gasteiger partial charge in [0.2, 0.25) is 0 Å². The topological polar surface area (TPSA) is 33.1 Å². The fraction of sp³-hybridized carbons (Fsp3) is 0.250. The molecule has 1 N–H and O–H groups in total. The zero-order valence-corrected chi connectivity index (χ0v) is 8.36. The predicted molar refractivity (Wildman–Crippen MR) is 57.1 cm³/mol. The van der Waals surface area contributed by atoms with Crippen LogP contribution in [0.4, 0.5) is 0 Å². The van der Waals surface area contributed by atoms with Gasteiger partial charge in [0.25, 0.3) is 0 Å². The first-order chi connectivity index (χ1) is 6.68. The molecule has 14 heavy (non-hydrogen) atoms. The van der Waals surface area contributed by atoms with Crippen LogP contribution in [0.15, 0.2) is 30.3 Å². The van der Waals surface area contributed by atoms with E-state index in [1.54, 1.807) is 6.92 Å². The van der Waals surface area contributed by atoms with Crippen LogP contribution in [0.1, 0.15) is 24.3 Å². The molecule has 1 aromatic carbocycles. The summed E-state index contributed by atoms with van der Waals surface area (Å²) in [5.41, 5.74) is 2.89. The van der Waals surface area contributed by atoms with Gasteiger partial charge in [0, 0.05) is 11.1 Å². The van der Waals surface area contributed by atoms with Gasteiger partial charge >= 0.3 is 0 Å². The SMILES string of the molecule is Cc1ccc2c([C@H](C)O)cccc2n1. The van der Waals surface area contributed by atoms with Gasteiger partial charge in [0.05, 0.1) is 11.6 Å². The molecule has 2 heteroatoms. The number of pyridine rings is 1. The minimum Gasteiger partial charge on any atom is -0.389 e. The van der Waals surface area contributed by atoms with Gasteiger partial charge in [-0.05, 0) is 31.5 Å². The highest BCUT2D eigenvalue weighted by molar-refractivity contribution is 5.82. The maximum atomic E-state index is 9.56. The van der Waals surface area contributed by atoms with Crippen molar-refractivity contribution in [2.75, 3.05) is 0 Å². The third-order valence-corrected chi connectivity index (χ3v) is 2.35. The minimum absolute atomic E-state index is 0.441. The van der Waals surface area contributed by atoms with Crippen molar-refractivity contribution in [3.63, 3.8) is 0 Å².